The minimum Gasteiger partial charge on any atom is -0.494 e. The minimum absolute atomic E-state index is 0.196. The SMILES string of the molecule is CCCOc1ccc(CCc2ccc(OC(F)(F)F)cc2)cc1. The van der Waals surface area contributed by atoms with E-state index in [2.05, 4.69) is 11.7 Å². The average Bonchev–Trinajstić information content (AvgIpc) is 2.52. The average molecular weight is 324 g/mol. The van der Waals surface area contributed by atoms with E-state index in [0.29, 0.717) is 6.61 Å². The van der Waals surface area contributed by atoms with Crippen LogP contribution in [0.2, 0.25) is 0 Å². The lowest BCUT2D eigenvalue weighted by Crippen LogP contribution is -2.17. The minimum atomic E-state index is -4.65. The second-order valence-corrected chi connectivity index (χ2v) is 5.18. The van der Waals surface area contributed by atoms with Crippen molar-refractivity contribution in [2.75, 3.05) is 6.61 Å². The maximum Gasteiger partial charge on any atom is 0.573 e. The Balaban J connectivity index is 1.85. The first-order valence-corrected chi connectivity index (χ1v) is 7.52. The van der Waals surface area contributed by atoms with Crippen molar-refractivity contribution >= 4 is 0 Å². The number of halogens is 3. The van der Waals surface area contributed by atoms with Gasteiger partial charge in [-0.1, -0.05) is 31.2 Å². The molecule has 5 heteroatoms. The molecule has 0 radical (unpaired) electrons. The van der Waals surface area contributed by atoms with Crippen molar-refractivity contribution in [2.24, 2.45) is 0 Å². The lowest BCUT2D eigenvalue weighted by atomic mass is 10.0. The summed E-state index contributed by atoms with van der Waals surface area (Å²) in [6.07, 6.45) is -2.12. The molecule has 23 heavy (non-hydrogen) atoms. The Morgan fingerprint density at radius 1 is 0.783 bits per heavy atom. The molecular formula is C18H19F3O2. The van der Waals surface area contributed by atoms with Crippen molar-refractivity contribution in [3.05, 3.63) is 59.7 Å². The van der Waals surface area contributed by atoms with E-state index < -0.39 is 6.36 Å². The van der Waals surface area contributed by atoms with Crippen LogP contribution < -0.4 is 9.47 Å². The highest BCUT2D eigenvalue weighted by Gasteiger charge is 2.30. The lowest BCUT2D eigenvalue weighted by molar-refractivity contribution is -0.274. The van der Waals surface area contributed by atoms with Crippen molar-refractivity contribution in [1.29, 1.82) is 0 Å². The van der Waals surface area contributed by atoms with E-state index in [0.717, 1.165) is 36.1 Å². The van der Waals surface area contributed by atoms with E-state index in [1.54, 1.807) is 12.1 Å². The molecule has 0 bridgehead atoms. The van der Waals surface area contributed by atoms with E-state index in [1.807, 2.05) is 24.3 Å². The molecule has 0 atom stereocenters. The van der Waals surface area contributed by atoms with Crippen LogP contribution in [0.3, 0.4) is 0 Å². The molecule has 2 rings (SSSR count). The Hall–Kier alpha value is -2.17. The van der Waals surface area contributed by atoms with Gasteiger partial charge in [0.15, 0.2) is 0 Å². The van der Waals surface area contributed by atoms with Crippen LogP contribution in [-0.4, -0.2) is 13.0 Å². The lowest BCUT2D eigenvalue weighted by Gasteiger charge is -2.09. The maximum atomic E-state index is 12.1. The first-order valence-electron chi connectivity index (χ1n) is 7.52. The van der Waals surface area contributed by atoms with Crippen molar-refractivity contribution in [1.82, 2.24) is 0 Å². The summed E-state index contributed by atoms with van der Waals surface area (Å²) in [6.45, 7) is 2.76. The van der Waals surface area contributed by atoms with Crippen molar-refractivity contribution in [3.8, 4) is 11.5 Å². The monoisotopic (exact) mass is 324 g/mol. The van der Waals surface area contributed by atoms with Gasteiger partial charge in [-0.05, 0) is 54.7 Å². The van der Waals surface area contributed by atoms with Gasteiger partial charge in [-0.25, -0.2) is 0 Å². The van der Waals surface area contributed by atoms with Gasteiger partial charge in [-0.2, -0.15) is 0 Å². The molecule has 2 aromatic rings. The summed E-state index contributed by atoms with van der Waals surface area (Å²) in [7, 11) is 0. The molecule has 0 saturated carbocycles. The molecule has 2 aromatic carbocycles. The van der Waals surface area contributed by atoms with Gasteiger partial charge in [0.25, 0.3) is 0 Å². The van der Waals surface area contributed by atoms with Crippen LogP contribution in [-0.2, 0) is 12.8 Å². The van der Waals surface area contributed by atoms with E-state index >= 15 is 0 Å². The summed E-state index contributed by atoms with van der Waals surface area (Å²) in [5, 5.41) is 0. The van der Waals surface area contributed by atoms with E-state index in [9.17, 15) is 13.2 Å². The third kappa shape index (κ3) is 6.22. The highest BCUT2D eigenvalue weighted by Crippen LogP contribution is 2.23. The fourth-order valence-corrected chi connectivity index (χ4v) is 2.12. The Kier molecular flexibility index (Phi) is 5.90. The standard InChI is InChI=1S/C18H19F3O2/c1-2-13-22-16-9-5-14(6-10-16)3-4-15-7-11-17(12-8-15)23-18(19,20)21/h5-12H,2-4,13H2,1H3. The molecule has 0 spiro atoms. The van der Waals surface area contributed by atoms with Crippen LogP contribution in [0.4, 0.5) is 13.2 Å². The van der Waals surface area contributed by atoms with Gasteiger partial charge >= 0.3 is 6.36 Å². The molecule has 0 heterocycles. The zero-order valence-electron chi connectivity index (χ0n) is 12.9. The maximum absolute atomic E-state index is 12.1. The summed E-state index contributed by atoms with van der Waals surface area (Å²) in [5.74, 6) is 0.655. The first kappa shape index (κ1) is 17.2. The number of alkyl halides is 3. The molecule has 2 nitrogen and oxygen atoms in total. The molecule has 0 aliphatic rings. The number of hydrogen-bond donors (Lipinski definition) is 0. The van der Waals surface area contributed by atoms with Crippen molar-refractivity contribution in [2.45, 2.75) is 32.5 Å². The van der Waals surface area contributed by atoms with Crippen molar-refractivity contribution in [3.63, 3.8) is 0 Å². The third-order valence-electron chi connectivity index (χ3n) is 3.26. The Labute approximate surface area is 133 Å². The van der Waals surface area contributed by atoms with Crippen LogP contribution in [0.5, 0.6) is 11.5 Å². The van der Waals surface area contributed by atoms with E-state index in [4.69, 9.17) is 4.74 Å². The second kappa shape index (κ2) is 7.90. The molecule has 0 saturated heterocycles. The summed E-state index contributed by atoms with van der Waals surface area (Å²) in [4.78, 5) is 0. The second-order valence-electron chi connectivity index (χ2n) is 5.18. The number of benzene rings is 2. The fraction of sp³-hybridized carbons (Fsp3) is 0.333. The normalized spacial score (nSPS) is 11.3. The number of hydrogen-bond acceptors (Lipinski definition) is 2. The zero-order valence-corrected chi connectivity index (χ0v) is 12.9. The van der Waals surface area contributed by atoms with Gasteiger partial charge in [0, 0.05) is 0 Å². The predicted octanol–water partition coefficient (Wildman–Crippen LogP) is 5.16. The van der Waals surface area contributed by atoms with Crippen LogP contribution >= 0.6 is 0 Å². The van der Waals surface area contributed by atoms with Crippen LogP contribution in [0.25, 0.3) is 0 Å². The molecule has 124 valence electrons. The van der Waals surface area contributed by atoms with Gasteiger partial charge in [0.05, 0.1) is 6.61 Å². The number of aryl methyl sites for hydroxylation is 2. The first-order chi connectivity index (χ1) is 11.0. The number of ether oxygens (including phenoxy) is 2. The fourth-order valence-electron chi connectivity index (χ4n) is 2.12. The van der Waals surface area contributed by atoms with Crippen LogP contribution in [0, 0.1) is 0 Å². The molecule has 0 aliphatic heterocycles. The largest absolute Gasteiger partial charge is 0.573 e. The molecule has 0 fully saturated rings. The molecule has 0 aliphatic carbocycles. The Morgan fingerprint density at radius 3 is 1.70 bits per heavy atom. The quantitative estimate of drug-likeness (QED) is 0.700. The molecule has 0 N–H and O–H groups in total. The van der Waals surface area contributed by atoms with Crippen molar-refractivity contribution < 1.29 is 22.6 Å². The molecule has 0 amide bonds. The Morgan fingerprint density at radius 2 is 1.26 bits per heavy atom. The van der Waals surface area contributed by atoms with E-state index in [1.165, 1.54) is 12.1 Å². The summed E-state index contributed by atoms with van der Waals surface area (Å²) < 4.78 is 45.6. The van der Waals surface area contributed by atoms with Crippen LogP contribution in [0.1, 0.15) is 24.5 Å². The van der Waals surface area contributed by atoms with Gasteiger partial charge in [-0.15, -0.1) is 13.2 Å². The zero-order chi connectivity index (χ0) is 16.7. The smallest absolute Gasteiger partial charge is 0.494 e. The van der Waals surface area contributed by atoms with Crippen LogP contribution in [0.15, 0.2) is 48.5 Å². The summed E-state index contributed by atoms with van der Waals surface area (Å²) >= 11 is 0. The Bertz CT molecular complexity index is 589. The summed E-state index contributed by atoms with van der Waals surface area (Å²) in [6, 6.07) is 13.9. The van der Waals surface area contributed by atoms with E-state index in [-0.39, 0.29) is 5.75 Å². The van der Waals surface area contributed by atoms with Gasteiger partial charge in [-0.3, -0.25) is 0 Å². The summed E-state index contributed by atoms with van der Waals surface area (Å²) in [5.41, 5.74) is 2.12. The molecular weight excluding hydrogens is 305 g/mol. The highest BCUT2D eigenvalue weighted by atomic mass is 19.4. The van der Waals surface area contributed by atoms with Gasteiger partial charge < -0.3 is 9.47 Å². The van der Waals surface area contributed by atoms with Gasteiger partial charge in [0.2, 0.25) is 0 Å². The molecule has 0 aromatic heterocycles. The highest BCUT2D eigenvalue weighted by molar-refractivity contribution is 5.30. The molecule has 0 unspecified atom stereocenters. The number of rotatable bonds is 7. The third-order valence-corrected chi connectivity index (χ3v) is 3.26. The topological polar surface area (TPSA) is 18.5 Å². The predicted molar refractivity (Wildman–Crippen MR) is 82.8 cm³/mol. The van der Waals surface area contributed by atoms with Gasteiger partial charge in [0.1, 0.15) is 11.5 Å².